The lowest BCUT2D eigenvalue weighted by molar-refractivity contribution is -0.115. The molecule has 0 bridgehead atoms. The molecule has 2 heterocycles. The van der Waals surface area contributed by atoms with E-state index in [0.717, 1.165) is 46.6 Å². The third-order valence-corrected chi connectivity index (χ3v) is 5.90. The van der Waals surface area contributed by atoms with Crippen LogP contribution in [0.5, 0.6) is 0 Å². The molecular formula is C27H31N5O2S. The van der Waals surface area contributed by atoms with Crippen molar-refractivity contribution in [1.29, 1.82) is 0 Å². The second-order valence-electron chi connectivity index (χ2n) is 8.32. The zero-order valence-corrected chi connectivity index (χ0v) is 21.4. The van der Waals surface area contributed by atoms with Gasteiger partial charge in [-0.05, 0) is 49.6 Å². The first-order valence-electron chi connectivity index (χ1n) is 11.4. The van der Waals surface area contributed by atoms with Crippen molar-refractivity contribution in [2.75, 3.05) is 11.9 Å². The first-order valence-corrected chi connectivity index (χ1v) is 12.3. The first kappa shape index (κ1) is 25.8. The molecule has 7 nitrogen and oxygen atoms in total. The number of aryl methyl sites for hydroxylation is 1. The number of allylic oxidation sites excluding steroid dienone is 3. The number of nitrogens with one attached hydrogen (secondary N) is 2. The van der Waals surface area contributed by atoms with Gasteiger partial charge in [0.15, 0.2) is 5.13 Å². The van der Waals surface area contributed by atoms with E-state index in [-0.39, 0.29) is 18.4 Å². The van der Waals surface area contributed by atoms with Gasteiger partial charge >= 0.3 is 0 Å². The van der Waals surface area contributed by atoms with Crippen LogP contribution in [0.2, 0.25) is 0 Å². The molecule has 0 saturated heterocycles. The molecule has 182 valence electrons. The number of aromatic nitrogens is 2. The Bertz CT molecular complexity index is 1280. The number of benzene rings is 1. The van der Waals surface area contributed by atoms with Gasteiger partial charge in [0.05, 0.1) is 17.8 Å². The Morgan fingerprint density at radius 2 is 2.03 bits per heavy atom. The molecule has 0 aliphatic heterocycles. The van der Waals surface area contributed by atoms with Crippen LogP contribution in [0.3, 0.4) is 0 Å². The standard InChI is InChI=1S/C27H31N5O2S/c1-6-8-19(3)29-20(4)13-18(2)21-9-7-10-22(14-21)24-17-35-27(30-24)31-25(33)15-28-26(34)23-11-12-32(5)16-23/h7,9-14,16-17H,2,6,8,15H2,1,3-5H3,(H,28,34)(H,30,31,33)/b20-13-,29-19?. The number of carbonyl (C=O) groups is 2. The molecular weight excluding hydrogens is 458 g/mol. The van der Waals surface area contributed by atoms with E-state index in [4.69, 9.17) is 0 Å². The molecule has 2 N–H and O–H groups in total. The van der Waals surface area contributed by atoms with Gasteiger partial charge in [0, 0.05) is 41.8 Å². The molecule has 0 aliphatic rings. The highest BCUT2D eigenvalue weighted by molar-refractivity contribution is 7.14. The predicted molar refractivity (Wildman–Crippen MR) is 145 cm³/mol. The fourth-order valence-electron chi connectivity index (χ4n) is 3.49. The zero-order valence-electron chi connectivity index (χ0n) is 20.6. The Kier molecular flexibility index (Phi) is 8.92. The van der Waals surface area contributed by atoms with Crippen LogP contribution in [0.4, 0.5) is 5.13 Å². The number of carbonyl (C=O) groups excluding carboxylic acids is 2. The molecule has 2 amide bonds. The van der Waals surface area contributed by atoms with Crippen LogP contribution < -0.4 is 10.6 Å². The van der Waals surface area contributed by atoms with E-state index in [0.29, 0.717) is 10.7 Å². The molecule has 2 aromatic heterocycles. The highest BCUT2D eigenvalue weighted by Gasteiger charge is 2.12. The zero-order chi connectivity index (χ0) is 25.4. The second-order valence-corrected chi connectivity index (χ2v) is 9.18. The van der Waals surface area contributed by atoms with E-state index >= 15 is 0 Å². The molecule has 0 saturated carbocycles. The number of aliphatic imine (C=N–C) groups is 1. The summed E-state index contributed by atoms with van der Waals surface area (Å²) < 4.78 is 1.77. The summed E-state index contributed by atoms with van der Waals surface area (Å²) in [6.07, 6.45) is 7.51. The van der Waals surface area contributed by atoms with Crippen LogP contribution >= 0.6 is 11.3 Å². The summed E-state index contributed by atoms with van der Waals surface area (Å²) >= 11 is 1.33. The average molecular weight is 490 g/mol. The lowest BCUT2D eigenvalue weighted by atomic mass is 10.0. The van der Waals surface area contributed by atoms with Crippen molar-refractivity contribution in [2.24, 2.45) is 12.0 Å². The Morgan fingerprint density at radius 1 is 1.23 bits per heavy atom. The summed E-state index contributed by atoms with van der Waals surface area (Å²) in [6, 6.07) is 9.65. The third-order valence-electron chi connectivity index (χ3n) is 5.15. The summed E-state index contributed by atoms with van der Waals surface area (Å²) in [7, 11) is 1.83. The summed E-state index contributed by atoms with van der Waals surface area (Å²) in [5.41, 5.74) is 6.07. The summed E-state index contributed by atoms with van der Waals surface area (Å²) in [5.74, 6) is -0.634. The van der Waals surface area contributed by atoms with E-state index < -0.39 is 0 Å². The molecule has 0 unspecified atom stereocenters. The average Bonchev–Trinajstić information content (AvgIpc) is 3.46. The van der Waals surface area contributed by atoms with Crippen LogP contribution in [0.1, 0.15) is 49.5 Å². The van der Waals surface area contributed by atoms with Gasteiger partial charge in [0.25, 0.3) is 5.91 Å². The third kappa shape index (κ3) is 7.61. The fraction of sp³-hybridized carbons (Fsp3) is 0.259. The van der Waals surface area contributed by atoms with Crippen molar-refractivity contribution >= 4 is 39.6 Å². The van der Waals surface area contributed by atoms with Crippen molar-refractivity contribution in [1.82, 2.24) is 14.9 Å². The maximum Gasteiger partial charge on any atom is 0.253 e. The number of anilines is 1. The predicted octanol–water partition coefficient (Wildman–Crippen LogP) is 5.70. The Hall–Kier alpha value is -3.78. The van der Waals surface area contributed by atoms with Crippen molar-refractivity contribution in [3.05, 3.63) is 77.6 Å². The Balaban J connectivity index is 1.61. The number of thiazole rings is 1. The van der Waals surface area contributed by atoms with Gasteiger partial charge < -0.3 is 15.2 Å². The van der Waals surface area contributed by atoms with Gasteiger partial charge in [0.2, 0.25) is 5.91 Å². The number of amides is 2. The van der Waals surface area contributed by atoms with E-state index in [1.165, 1.54) is 11.3 Å². The maximum atomic E-state index is 12.3. The van der Waals surface area contributed by atoms with E-state index in [2.05, 4.69) is 34.1 Å². The number of rotatable bonds is 10. The van der Waals surface area contributed by atoms with Crippen molar-refractivity contribution in [3.63, 3.8) is 0 Å². The van der Waals surface area contributed by atoms with E-state index in [1.807, 2.05) is 56.6 Å². The molecule has 8 heteroatoms. The second kappa shape index (κ2) is 12.1. The number of hydrogen-bond acceptors (Lipinski definition) is 5. The molecule has 0 spiro atoms. The quantitative estimate of drug-likeness (QED) is 0.283. The van der Waals surface area contributed by atoms with Crippen LogP contribution in [-0.4, -0.2) is 33.6 Å². The van der Waals surface area contributed by atoms with Gasteiger partial charge in [-0.2, -0.15) is 0 Å². The number of nitrogens with zero attached hydrogens (tertiary/aromatic N) is 3. The normalized spacial score (nSPS) is 11.9. The van der Waals surface area contributed by atoms with Crippen LogP contribution in [0.15, 0.2) is 71.4 Å². The SMILES string of the molecule is C=C(/C=C(/C)N=C(C)CCC)c1cccc(-c2csc(NC(=O)CNC(=O)c3ccn(C)c3)n2)c1. The van der Waals surface area contributed by atoms with Gasteiger partial charge in [-0.1, -0.05) is 38.1 Å². The van der Waals surface area contributed by atoms with Gasteiger partial charge in [-0.3, -0.25) is 14.6 Å². The van der Waals surface area contributed by atoms with Gasteiger partial charge in [0.1, 0.15) is 0 Å². The molecule has 3 rings (SSSR count). The molecule has 0 radical (unpaired) electrons. The summed E-state index contributed by atoms with van der Waals surface area (Å²) in [5, 5.41) is 7.72. The molecule has 3 aromatic rings. The minimum atomic E-state index is -0.336. The molecule has 1 aromatic carbocycles. The highest BCUT2D eigenvalue weighted by atomic mass is 32.1. The van der Waals surface area contributed by atoms with Crippen LogP contribution in [0, 0.1) is 0 Å². The lowest BCUT2D eigenvalue weighted by Gasteiger charge is -2.05. The van der Waals surface area contributed by atoms with E-state index in [9.17, 15) is 9.59 Å². The summed E-state index contributed by atoms with van der Waals surface area (Å²) in [4.78, 5) is 33.5. The topological polar surface area (TPSA) is 88.4 Å². The molecule has 0 aliphatic carbocycles. The highest BCUT2D eigenvalue weighted by Crippen LogP contribution is 2.27. The van der Waals surface area contributed by atoms with Crippen LogP contribution in [0.25, 0.3) is 16.8 Å². The van der Waals surface area contributed by atoms with Gasteiger partial charge in [-0.25, -0.2) is 4.98 Å². The van der Waals surface area contributed by atoms with Crippen LogP contribution in [-0.2, 0) is 11.8 Å². The summed E-state index contributed by atoms with van der Waals surface area (Å²) in [6.45, 7) is 10.2. The molecule has 0 atom stereocenters. The maximum absolute atomic E-state index is 12.3. The molecule has 0 fully saturated rings. The van der Waals surface area contributed by atoms with Crippen molar-refractivity contribution in [3.8, 4) is 11.3 Å². The minimum absolute atomic E-state index is 0.135. The first-order chi connectivity index (χ1) is 16.7. The smallest absolute Gasteiger partial charge is 0.253 e. The fourth-order valence-corrected chi connectivity index (χ4v) is 4.23. The van der Waals surface area contributed by atoms with Crippen molar-refractivity contribution < 1.29 is 9.59 Å². The number of hydrogen-bond donors (Lipinski definition) is 2. The largest absolute Gasteiger partial charge is 0.356 e. The van der Waals surface area contributed by atoms with Crippen molar-refractivity contribution in [2.45, 2.75) is 33.6 Å². The Morgan fingerprint density at radius 3 is 2.74 bits per heavy atom. The lowest BCUT2D eigenvalue weighted by Crippen LogP contribution is -2.32. The monoisotopic (exact) mass is 489 g/mol. The molecule has 35 heavy (non-hydrogen) atoms. The van der Waals surface area contributed by atoms with Gasteiger partial charge in [-0.15, -0.1) is 11.3 Å². The minimum Gasteiger partial charge on any atom is -0.356 e. The van der Waals surface area contributed by atoms with E-state index in [1.54, 1.807) is 23.0 Å². The Labute approximate surface area is 210 Å².